The second-order valence-corrected chi connectivity index (χ2v) is 14.9. The lowest BCUT2D eigenvalue weighted by molar-refractivity contribution is -0.141. The summed E-state index contributed by atoms with van der Waals surface area (Å²) in [5, 5.41) is 0. The molecule has 204 valence electrons. The van der Waals surface area contributed by atoms with Crippen LogP contribution in [0.4, 0.5) is 0 Å². The lowest BCUT2D eigenvalue weighted by atomic mass is 9.87. The number of halogens is 3. The minimum Gasteiger partial charge on any atom is -0.459 e. The predicted molar refractivity (Wildman–Crippen MR) is 183 cm³/mol. The van der Waals surface area contributed by atoms with Crippen molar-refractivity contribution < 1.29 is 19.1 Å². The smallest absolute Gasteiger partial charge is 0.340 e. The van der Waals surface area contributed by atoms with Crippen LogP contribution in [0.1, 0.15) is 36.0 Å². The summed E-state index contributed by atoms with van der Waals surface area (Å²) in [5.41, 5.74) is 0.600. The van der Waals surface area contributed by atoms with Gasteiger partial charge in [0, 0.05) is 10.7 Å². The summed E-state index contributed by atoms with van der Waals surface area (Å²) in [6, 6.07) is 32.6. The van der Waals surface area contributed by atoms with Crippen LogP contribution in [-0.4, -0.2) is 18.0 Å². The summed E-state index contributed by atoms with van der Waals surface area (Å²) in [6.07, 6.45) is 2.47. The fourth-order valence-electron chi connectivity index (χ4n) is 4.76. The molecule has 2 atom stereocenters. The number of carbonyl (C=O) groups is 2. The summed E-state index contributed by atoms with van der Waals surface area (Å²) in [4.78, 5) is 29.8. The minimum atomic E-state index is -0.325. The zero-order valence-electron chi connectivity index (χ0n) is 21.4. The zero-order valence-corrected chi connectivity index (χ0v) is 28.7. The first-order valence-electron chi connectivity index (χ1n) is 12.9. The van der Waals surface area contributed by atoms with Crippen molar-refractivity contribution in [3.63, 3.8) is 0 Å². The molecule has 0 spiro atoms. The Bertz CT molecular complexity index is 1440. The fourth-order valence-corrected chi connectivity index (χ4v) is 9.16. The van der Waals surface area contributed by atoms with Gasteiger partial charge in [-0.15, -0.1) is 0 Å². The number of carbonyl (C=O) groups excluding carboxylic acids is 2. The van der Waals surface area contributed by atoms with Gasteiger partial charge in [-0.3, -0.25) is 4.79 Å². The maximum atomic E-state index is 13.1. The Morgan fingerprint density at radius 2 is 1.27 bits per heavy atom. The van der Waals surface area contributed by atoms with E-state index in [1.165, 1.54) is 9.79 Å². The number of rotatable bonds is 7. The highest BCUT2D eigenvalue weighted by Crippen LogP contribution is 2.33. The Morgan fingerprint density at radius 3 is 1.90 bits per heavy atom. The summed E-state index contributed by atoms with van der Waals surface area (Å²) in [6.45, 7) is 0. The van der Waals surface area contributed by atoms with Crippen LogP contribution in [-0.2, 0) is 20.4 Å². The van der Waals surface area contributed by atoms with Gasteiger partial charge in [-0.05, 0) is 154 Å². The molecule has 8 heteroatoms. The molecule has 40 heavy (non-hydrogen) atoms. The molecule has 5 rings (SSSR count). The Labute approximate surface area is 278 Å². The molecule has 1 saturated carbocycles. The number of hydrogen-bond donors (Lipinski definition) is 0. The maximum Gasteiger partial charge on any atom is 0.340 e. The molecule has 0 N–H and O–H groups in total. The molecule has 0 aliphatic heterocycles. The van der Waals surface area contributed by atoms with E-state index >= 15 is 0 Å². The van der Waals surface area contributed by atoms with Gasteiger partial charge in [-0.1, -0.05) is 36.4 Å². The molecule has 0 amide bonds. The van der Waals surface area contributed by atoms with Gasteiger partial charge in [-0.2, -0.15) is 0 Å². The van der Waals surface area contributed by atoms with E-state index in [-0.39, 0.29) is 34.9 Å². The molecular weight excluding hydrogens is 861 g/mol. The number of benzene rings is 4. The molecule has 0 saturated heterocycles. The summed E-state index contributed by atoms with van der Waals surface area (Å²) in [5.74, 6) is -0.366. The molecule has 1 fully saturated rings. The van der Waals surface area contributed by atoms with Crippen molar-refractivity contribution in [2.24, 2.45) is 5.92 Å². The average molecular weight is 887 g/mol. The first-order valence-corrected chi connectivity index (χ1v) is 17.4. The summed E-state index contributed by atoms with van der Waals surface area (Å²) >= 11 is 6.59. The third-order valence-electron chi connectivity index (χ3n) is 6.72. The standard InChI is InChI=1S/C32H26I3O4S/c33-27-18-19-28(34)30(35)29(27)32(37)39-23-9-7-8-21(20-23)31(36)38-22-14-16-26(17-15-22)40(24-10-3-1-4-11-24)25-12-5-2-6-13-25/h1-6,10-19,21,23H,7-9,20H2/q+1. The molecule has 4 nitrogen and oxygen atoms in total. The Hall–Kier alpha value is -1.64. The van der Waals surface area contributed by atoms with Crippen molar-refractivity contribution in [1.82, 2.24) is 0 Å². The van der Waals surface area contributed by atoms with E-state index in [1.54, 1.807) is 0 Å². The van der Waals surface area contributed by atoms with Crippen LogP contribution in [0.25, 0.3) is 0 Å². The van der Waals surface area contributed by atoms with Crippen LogP contribution in [0, 0.1) is 16.6 Å². The van der Waals surface area contributed by atoms with Crippen molar-refractivity contribution in [3.05, 3.63) is 113 Å². The molecule has 0 aromatic heterocycles. The lowest BCUT2D eigenvalue weighted by Crippen LogP contribution is -2.32. The van der Waals surface area contributed by atoms with E-state index in [1.807, 2.05) is 48.5 Å². The van der Waals surface area contributed by atoms with Gasteiger partial charge < -0.3 is 9.47 Å². The normalized spacial score (nSPS) is 16.9. The average Bonchev–Trinajstić information content (AvgIpc) is 2.97. The molecule has 0 bridgehead atoms. The third-order valence-corrected chi connectivity index (χ3v) is 12.9. The molecular formula is C32H26I3O4S+. The first-order chi connectivity index (χ1) is 19.4. The van der Waals surface area contributed by atoms with Gasteiger partial charge in [0.25, 0.3) is 0 Å². The molecule has 1 aliphatic rings. The number of hydrogen-bond acceptors (Lipinski definition) is 4. The maximum absolute atomic E-state index is 13.1. The Balaban J connectivity index is 1.25. The summed E-state index contributed by atoms with van der Waals surface area (Å²) < 4.78 is 14.5. The van der Waals surface area contributed by atoms with Gasteiger partial charge in [0.1, 0.15) is 11.9 Å². The van der Waals surface area contributed by atoms with Gasteiger partial charge in [0.15, 0.2) is 14.7 Å². The zero-order chi connectivity index (χ0) is 28.1. The highest BCUT2D eigenvalue weighted by Gasteiger charge is 2.33. The summed E-state index contributed by atoms with van der Waals surface area (Å²) in [7, 11) is -0.262. The highest BCUT2D eigenvalue weighted by atomic mass is 127. The van der Waals surface area contributed by atoms with Crippen LogP contribution in [0.15, 0.2) is 112 Å². The van der Waals surface area contributed by atoms with Gasteiger partial charge in [-0.25, -0.2) is 4.79 Å². The Kier molecular flexibility index (Phi) is 10.5. The predicted octanol–water partition coefficient (Wildman–Crippen LogP) is 8.92. The van der Waals surface area contributed by atoms with Crippen molar-refractivity contribution in [1.29, 1.82) is 0 Å². The van der Waals surface area contributed by atoms with E-state index in [9.17, 15) is 9.59 Å². The van der Waals surface area contributed by atoms with Crippen molar-refractivity contribution in [2.45, 2.75) is 46.5 Å². The monoisotopic (exact) mass is 887 g/mol. The highest BCUT2D eigenvalue weighted by molar-refractivity contribution is 14.1. The molecule has 0 radical (unpaired) electrons. The number of ether oxygens (including phenoxy) is 2. The van der Waals surface area contributed by atoms with Crippen molar-refractivity contribution >= 4 is 90.6 Å². The molecule has 4 aromatic rings. The van der Waals surface area contributed by atoms with Crippen LogP contribution in [0.2, 0.25) is 0 Å². The quantitative estimate of drug-likeness (QED) is 0.0612. The van der Waals surface area contributed by atoms with Crippen LogP contribution >= 0.6 is 67.8 Å². The molecule has 1 aliphatic carbocycles. The Morgan fingerprint density at radius 1 is 0.700 bits per heavy atom. The van der Waals surface area contributed by atoms with Gasteiger partial charge in [0.05, 0.1) is 22.4 Å². The van der Waals surface area contributed by atoms with E-state index in [4.69, 9.17) is 9.47 Å². The third kappa shape index (κ3) is 7.22. The van der Waals surface area contributed by atoms with E-state index < -0.39 is 0 Å². The van der Waals surface area contributed by atoms with Gasteiger partial charge in [0.2, 0.25) is 0 Å². The molecule has 2 unspecified atom stereocenters. The first kappa shape index (κ1) is 29.8. The topological polar surface area (TPSA) is 52.6 Å². The van der Waals surface area contributed by atoms with Gasteiger partial charge >= 0.3 is 11.9 Å². The fraction of sp³-hybridized carbons (Fsp3) is 0.188. The lowest BCUT2D eigenvalue weighted by Gasteiger charge is -2.28. The molecule has 4 aromatic carbocycles. The van der Waals surface area contributed by atoms with Crippen LogP contribution in [0.5, 0.6) is 5.75 Å². The second kappa shape index (κ2) is 14.0. The minimum absolute atomic E-state index is 0.262. The SMILES string of the molecule is O=C(OC1CCCC(C(=O)Oc2ccc([S+](c3ccccc3)c3ccccc3)cc2)C1)c1c(I)ccc(I)c1I. The van der Waals surface area contributed by atoms with E-state index in [0.29, 0.717) is 17.7 Å². The number of esters is 2. The molecule has 0 heterocycles. The van der Waals surface area contributed by atoms with E-state index in [2.05, 4.69) is 116 Å². The van der Waals surface area contributed by atoms with E-state index in [0.717, 1.165) is 34.9 Å². The van der Waals surface area contributed by atoms with Crippen LogP contribution in [0.3, 0.4) is 0 Å². The van der Waals surface area contributed by atoms with Crippen LogP contribution < -0.4 is 4.74 Å². The van der Waals surface area contributed by atoms with Crippen molar-refractivity contribution in [3.8, 4) is 5.75 Å². The van der Waals surface area contributed by atoms with Crippen molar-refractivity contribution in [2.75, 3.05) is 0 Å². The second-order valence-electron chi connectivity index (χ2n) is 9.43. The largest absolute Gasteiger partial charge is 0.459 e.